The van der Waals surface area contributed by atoms with E-state index >= 15 is 0 Å². The minimum Gasteiger partial charge on any atom is -0.444 e. The third-order valence-corrected chi connectivity index (χ3v) is 3.49. The largest absolute Gasteiger partial charge is 0.444 e. The van der Waals surface area contributed by atoms with Crippen LogP contribution < -0.4 is 10.6 Å². The summed E-state index contributed by atoms with van der Waals surface area (Å²) in [5.41, 5.74) is -0.523. The molecule has 5 nitrogen and oxygen atoms in total. The molecule has 0 saturated heterocycles. The normalized spacial score (nSPS) is 23.3. The third-order valence-electron chi connectivity index (χ3n) is 3.49. The highest BCUT2D eigenvalue weighted by atomic mass is 16.6. The molecule has 1 rings (SSSR count). The Morgan fingerprint density at radius 3 is 2.29 bits per heavy atom. The van der Waals surface area contributed by atoms with Gasteiger partial charge in [0.1, 0.15) is 5.60 Å². The van der Waals surface area contributed by atoms with Gasteiger partial charge in [0, 0.05) is 12.1 Å². The summed E-state index contributed by atoms with van der Waals surface area (Å²) in [6.07, 6.45) is 4.39. The molecule has 0 aromatic rings. The zero-order valence-electron chi connectivity index (χ0n) is 14.0. The molecule has 0 spiro atoms. The fourth-order valence-electron chi connectivity index (χ4n) is 2.64. The van der Waals surface area contributed by atoms with Gasteiger partial charge in [-0.2, -0.15) is 0 Å². The lowest BCUT2D eigenvalue weighted by molar-refractivity contribution is -0.126. The third kappa shape index (κ3) is 6.82. The van der Waals surface area contributed by atoms with Gasteiger partial charge >= 0.3 is 6.09 Å². The van der Waals surface area contributed by atoms with Crippen LogP contribution in [0.5, 0.6) is 0 Å². The van der Waals surface area contributed by atoms with Gasteiger partial charge in [-0.05, 0) is 47.5 Å². The van der Waals surface area contributed by atoms with E-state index < -0.39 is 11.7 Å². The number of ether oxygens (including phenoxy) is 1. The van der Waals surface area contributed by atoms with E-state index in [-0.39, 0.29) is 23.9 Å². The average Bonchev–Trinajstić information content (AvgIpc) is 2.50. The zero-order chi connectivity index (χ0) is 16.0. The molecule has 122 valence electrons. The van der Waals surface area contributed by atoms with Crippen molar-refractivity contribution in [1.82, 2.24) is 10.6 Å². The lowest BCUT2D eigenvalue weighted by Gasteiger charge is -2.28. The smallest absolute Gasteiger partial charge is 0.407 e. The standard InChI is InChI=1S/C16H30N2O3/c1-11(2)17-14(19)12-9-7-6-8-10-13(12)18-15(20)21-16(3,4)5/h11-13H,6-10H2,1-5H3,(H,17,19)(H,18,20). The van der Waals surface area contributed by atoms with Gasteiger partial charge in [-0.25, -0.2) is 4.79 Å². The summed E-state index contributed by atoms with van der Waals surface area (Å²) in [7, 11) is 0. The molecule has 1 aliphatic rings. The maximum absolute atomic E-state index is 12.3. The Morgan fingerprint density at radius 2 is 1.71 bits per heavy atom. The van der Waals surface area contributed by atoms with E-state index in [1.165, 1.54) is 0 Å². The number of nitrogens with one attached hydrogen (secondary N) is 2. The van der Waals surface area contributed by atoms with E-state index in [1.54, 1.807) is 0 Å². The van der Waals surface area contributed by atoms with Gasteiger partial charge in [0.25, 0.3) is 0 Å². The van der Waals surface area contributed by atoms with Crippen molar-refractivity contribution >= 4 is 12.0 Å². The van der Waals surface area contributed by atoms with E-state index in [0.29, 0.717) is 0 Å². The highest BCUT2D eigenvalue weighted by molar-refractivity contribution is 5.80. The topological polar surface area (TPSA) is 67.4 Å². The van der Waals surface area contributed by atoms with E-state index in [1.807, 2.05) is 34.6 Å². The highest BCUT2D eigenvalue weighted by Gasteiger charge is 2.32. The molecule has 0 heterocycles. The Morgan fingerprint density at radius 1 is 1.10 bits per heavy atom. The second kappa shape index (κ2) is 7.66. The fourth-order valence-corrected chi connectivity index (χ4v) is 2.64. The second-order valence-corrected chi connectivity index (χ2v) is 7.16. The Labute approximate surface area is 128 Å². The lowest BCUT2D eigenvalue weighted by atomic mass is 9.93. The van der Waals surface area contributed by atoms with Crippen LogP contribution in [0.25, 0.3) is 0 Å². The van der Waals surface area contributed by atoms with Gasteiger partial charge in [0.05, 0.1) is 5.92 Å². The molecule has 1 fully saturated rings. The summed E-state index contributed by atoms with van der Waals surface area (Å²) >= 11 is 0. The average molecular weight is 298 g/mol. The fraction of sp³-hybridized carbons (Fsp3) is 0.875. The minimum atomic E-state index is -0.523. The number of rotatable bonds is 3. The quantitative estimate of drug-likeness (QED) is 0.787. The predicted molar refractivity (Wildman–Crippen MR) is 83.0 cm³/mol. The SMILES string of the molecule is CC(C)NC(=O)C1CCCCCC1NC(=O)OC(C)(C)C. The van der Waals surface area contributed by atoms with Crippen LogP contribution >= 0.6 is 0 Å². The van der Waals surface area contributed by atoms with Crippen molar-refractivity contribution in [3.05, 3.63) is 0 Å². The van der Waals surface area contributed by atoms with Gasteiger partial charge in [-0.3, -0.25) is 4.79 Å². The van der Waals surface area contributed by atoms with E-state index in [9.17, 15) is 9.59 Å². The summed E-state index contributed by atoms with van der Waals surface area (Å²) in [6.45, 7) is 9.41. The lowest BCUT2D eigenvalue weighted by Crippen LogP contribution is -2.48. The molecule has 0 radical (unpaired) electrons. The van der Waals surface area contributed by atoms with Crippen LogP contribution in [0.2, 0.25) is 0 Å². The summed E-state index contributed by atoms with van der Waals surface area (Å²) in [4.78, 5) is 24.3. The molecule has 0 aromatic carbocycles. The van der Waals surface area contributed by atoms with Crippen LogP contribution in [0.3, 0.4) is 0 Å². The van der Waals surface area contributed by atoms with Crippen LogP contribution in [0.4, 0.5) is 4.79 Å². The number of alkyl carbamates (subject to hydrolysis) is 1. The first kappa shape index (κ1) is 17.8. The Balaban J connectivity index is 2.69. The summed E-state index contributed by atoms with van der Waals surface area (Å²) < 4.78 is 5.31. The molecule has 0 aromatic heterocycles. The molecule has 1 aliphatic carbocycles. The van der Waals surface area contributed by atoms with Crippen LogP contribution in [-0.4, -0.2) is 29.7 Å². The molecular weight excluding hydrogens is 268 g/mol. The van der Waals surface area contributed by atoms with E-state index in [4.69, 9.17) is 4.74 Å². The first-order chi connectivity index (χ1) is 9.69. The van der Waals surface area contributed by atoms with Crippen molar-refractivity contribution in [1.29, 1.82) is 0 Å². The van der Waals surface area contributed by atoms with Crippen LogP contribution in [0.15, 0.2) is 0 Å². The number of amides is 2. The predicted octanol–water partition coefficient (Wildman–Crippen LogP) is 2.98. The molecule has 0 aliphatic heterocycles. The first-order valence-electron chi connectivity index (χ1n) is 7.99. The summed E-state index contributed by atoms with van der Waals surface area (Å²) in [5, 5.41) is 5.86. The van der Waals surface area contributed by atoms with Crippen LogP contribution in [-0.2, 0) is 9.53 Å². The first-order valence-corrected chi connectivity index (χ1v) is 7.99. The van der Waals surface area contributed by atoms with Gasteiger partial charge in [0.2, 0.25) is 5.91 Å². The number of hydrogen-bond acceptors (Lipinski definition) is 3. The van der Waals surface area contributed by atoms with Crippen LogP contribution in [0.1, 0.15) is 66.7 Å². The van der Waals surface area contributed by atoms with Gasteiger partial charge in [-0.1, -0.05) is 19.3 Å². The molecule has 2 N–H and O–H groups in total. The molecule has 21 heavy (non-hydrogen) atoms. The van der Waals surface area contributed by atoms with Crippen molar-refractivity contribution in [2.24, 2.45) is 5.92 Å². The molecule has 2 atom stereocenters. The number of hydrogen-bond donors (Lipinski definition) is 2. The van der Waals surface area contributed by atoms with Gasteiger partial charge in [0.15, 0.2) is 0 Å². The molecular formula is C16H30N2O3. The second-order valence-electron chi connectivity index (χ2n) is 7.16. The Kier molecular flexibility index (Phi) is 6.49. The van der Waals surface area contributed by atoms with E-state index in [0.717, 1.165) is 32.1 Å². The molecule has 1 saturated carbocycles. The summed E-state index contributed by atoms with van der Waals surface area (Å²) in [6, 6.07) is -0.0240. The number of carbonyl (C=O) groups excluding carboxylic acids is 2. The zero-order valence-corrected chi connectivity index (χ0v) is 14.0. The van der Waals surface area contributed by atoms with Gasteiger partial charge < -0.3 is 15.4 Å². The highest BCUT2D eigenvalue weighted by Crippen LogP contribution is 2.24. The van der Waals surface area contributed by atoms with Gasteiger partial charge in [-0.15, -0.1) is 0 Å². The van der Waals surface area contributed by atoms with Crippen molar-refractivity contribution in [2.45, 2.75) is 84.4 Å². The monoisotopic (exact) mass is 298 g/mol. The molecule has 0 bridgehead atoms. The maximum atomic E-state index is 12.3. The van der Waals surface area contributed by atoms with Crippen molar-refractivity contribution in [2.75, 3.05) is 0 Å². The molecule has 5 heteroatoms. The Bertz CT molecular complexity index is 361. The minimum absolute atomic E-state index is 0.0351. The maximum Gasteiger partial charge on any atom is 0.407 e. The van der Waals surface area contributed by atoms with E-state index in [2.05, 4.69) is 10.6 Å². The van der Waals surface area contributed by atoms with Crippen molar-refractivity contribution in [3.63, 3.8) is 0 Å². The Hall–Kier alpha value is -1.26. The molecule has 2 amide bonds. The van der Waals surface area contributed by atoms with Crippen LogP contribution in [0, 0.1) is 5.92 Å². The van der Waals surface area contributed by atoms with Crippen molar-refractivity contribution < 1.29 is 14.3 Å². The molecule has 2 unspecified atom stereocenters. The van der Waals surface area contributed by atoms with Crippen molar-refractivity contribution in [3.8, 4) is 0 Å². The summed E-state index contributed by atoms with van der Waals surface area (Å²) in [5.74, 6) is -0.129. The number of carbonyl (C=O) groups is 2.